The second-order valence-electron chi connectivity index (χ2n) is 11.0. The summed E-state index contributed by atoms with van der Waals surface area (Å²) in [5.41, 5.74) is 1.86. The van der Waals surface area contributed by atoms with E-state index in [2.05, 4.69) is 22.5 Å². The van der Waals surface area contributed by atoms with E-state index in [-0.39, 0.29) is 49.9 Å². The third-order valence-electron chi connectivity index (χ3n) is 6.52. The van der Waals surface area contributed by atoms with Crippen molar-refractivity contribution < 1.29 is 38.2 Å². The Morgan fingerprint density at radius 3 is 2.52 bits per heavy atom. The van der Waals surface area contributed by atoms with Crippen molar-refractivity contribution in [3.05, 3.63) is 65.2 Å². The number of methoxy groups -OCH3 is 1. The number of hydrogen-bond acceptors (Lipinski definition) is 8. The zero-order valence-corrected chi connectivity index (χ0v) is 24.0. The number of amides is 5. The van der Waals surface area contributed by atoms with Gasteiger partial charge in [-0.1, -0.05) is 18.7 Å². The molecule has 1 atom stereocenters. The Bertz CT molecular complexity index is 1450. The summed E-state index contributed by atoms with van der Waals surface area (Å²) in [6.45, 7) is 9.29. The van der Waals surface area contributed by atoms with Gasteiger partial charge in [0.15, 0.2) is 0 Å². The van der Waals surface area contributed by atoms with Crippen LogP contribution in [0.25, 0.3) is 0 Å². The molecule has 0 saturated carbocycles. The van der Waals surface area contributed by atoms with E-state index >= 15 is 0 Å². The van der Waals surface area contributed by atoms with Crippen LogP contribution < -0.4 is 25.4 Å². The Morgan fingerprint density at radius 2 is 1.83 bits per heavy atom. The number of ether oxygens (including phenoxy) is 3. The van der Waals surface area contributed by atoms with Gasteiger partial charge in [-0.15, -0.1) is 0 Å². The first kappa shape index (κ1) is 30.1. The van der Waals surface area contributed by atoms with Crippen molar-refractivity contribution in [2.75, 3.05) is 19.0 Å². The molecule has 2 aliphatic rings. The molecular formula is C30H34N4O8. The quantitative estimate of drug-likeness (QED) is 0.233. The minimum Gasteiger partial charge on any atom is -0.497 e. The molecule has 12 nitrogen and oxygen atoms in total. The van der Waals surface area contributed by atoms with Crippen LogP contribution in [0.4, 0.5) is 10.5 Å². The number of rotatable bonds is 9. The fourth-order valence-electron chi connectivity index (χ4n) is 4.52. The summed E-state index contributed by atoms with van der Waals surface area (Å²) in [6.07, 6.45) is 0.470. The number of benzene rings is 2. The van der Waals surface area contributed by atoms with E-state index in [0.717, 1.165) is 11.1 Å². The fourth-order valence-corrected chi connectivity index (χ4v) is 4.52. The average Bonchev–Trinajstić information content (AvgIpc) is 3.24. The predicted molar refractivity (Wildman–Crippen MR) is 152 cm³/mol. The van der Waals surface area contributed by atoms with Crippen LogP contribution in [-0.4, -0.2) is 60.0 Å². The first-order valence-corrected chi connectivity index (χ1v) is 13.4. The Balaban J connectivity index is 1.33. The van der Waals surface area contributed by atoms with Crippen LogP contribution in [0.5, 0.6) is 11.5 Å². The van der Waals surface area contributed by atoms with Gasteiger partial charge in [-0.05, 0) is 44.4 Å². The number of hydrogen-bond donors (Lipinski definition) is 3. The van der Waals surface area contributed by atoms with Gasteiger partial charge in [0.1, 0.15) is 29.7 Å². The highest BCUT2D eigenvalue weighted by atomic mass is 16.6. The molecule has 4 rings (SSSR count). The number of fused-ring (bicyclic) bond motifs is 1. The second kappa shape index (κ2) is 12.3. The van der Waals surface area contributed by atoms with E-state index in [9.17, 15) is 24.0 Å². The molecule has 2 aromatic rings. The predicted octanol–water partition coefficient (Wildman–Crippen LogP) is 3.05. The second-order valence-corrected chi connectivity index (χ2v) is 11.0. The van der Waals surface area contributed by atoms with E-state index in [1.54, 1.807) is 51.1 Å². The van der Waals surface area contributed by atoms with Crippen LogP contribution in [0.2, 0.25) is 0 Å². The summed E-state index contributed by atoms with van der Waals surface area (Å²) < 4.78 is 16.3. The number of imide groups is 1. The van der Waals surface area contributed by atoms with E-state index in [1.165, 1.54) is 12.0 Å². The first-order valence-electron chi connectivity index (χ1n) is 13.4. The maximum Gasteiger partial charge on any atom is 0.337 e. The van der Waals surface area contributed by atoms with E-state index in [4.69, 9.17) is 14.2 Å². The summed E-state index contributed by atoms with van der Waals surface area (Å²) >= 11 is 0. The molecule has 1 saturated heterocycles. The van der Waals surface area contributed by atoms with Crippen molar-refractivity contribution in [3.63, 3.8) is 0 Å². The summed E-state index contributed by atoms with van der Waals surface area (Å²) in [5.74, 6) is -0.864. The van der Waals surface area contributed by atoms with Gasteiger partial charge in [0.2, 0.25) is 11.8 Å². The summed E-state index contributed by atoms with van der Waals surface area (Å²) in [7, 11) is 1.47. The topological polar surface area (TPSA) is 152 Å². The Labute approximate surface area is 243 Å². The van der Waals surface area contributed by atoms with Crippen LogP contribution in [0, 0.1) is 0 Å². The number of nitrogens with one attached hydrogen (secondary N) is 3. The van der Waals surface area contributed by atoms with Crippen LogP contribution in [0.15, 0.2) is 48.6 Å². The molecule has 12 heteroatoms. The number of nitrogens with zero attached hydrogens (tertiary/aromatic N) is 1. The minimum atomic E-state index is -0.693. The molecule has 0 aromatic heterocycles. The minimum absolute atomic E-state index is 0.116. The van der Waals surface area contributed by atoms with Crippen LogP contribution in [0.3, 0.4) is 0 Å². The van der Waals surface area contributed by atoms with Crippen LogP contribution >= 0.6 is 0 Å². The van der Waals surface area contributed by atoms with Gasteiger partial charge in [-0.3, -0.25) is 19.7 Å². The number of anilines is 1. The Morgan fingerprint density at radius 1 is 1.10 bits per heavy atom. The molecule has 1 unspecified atom stereocenters. The molecular weight excluding hydrogens is 544 g/mol. The van der Waals surface area contributed by atoms with E-state index in [1.807, 2.05) is 6.07 Å². The maximum absolute atomic E-state index is 12.9. The standard InChI is InChI=1S/C30H34N4O8/c1-17(28(38)42-30(2,3)4)16-41-22-12-20(11-21(13-22)40-5)32-29(39)31-14-18-6-7-23-19(10-18)15-34(27(23)37)24-8-9-25(35)33-26(24)36/h6-7,10-13,24H,1,8-9,14-16H2,2-5H3,(H2,31,32,39)(H,33,35,36). The lowest BCUT2D eigenvalue weighted by molar-refractivity contribution is -0.150. The highest BCUT2D eigenvalue weighted by Gasteiger charge is 2.39. The molecule has 42 heavy (non-hydrogen) atoms. The monoisotopic (exact) mass is 578 g/mol. The Kier molecular flexibility index (Phi) is 8.84. The fraction of sp³-hybridized carbons (Fsp3) is 0.367. The van der Waals surface area contributed by atoms with Gasteiger partial charge < -0.3 is 29.7 Å². The normalized spacial score (nSPS) is 16.3. The number of esters is 1. The van der Waals surface area contributed by atoms with E-state index < -0.39 is 29.6 Å². The molecule has 0 bridgehead atoms. The number of carbonyl (C=O) groups excluding carboxylic acids is 5. The molecule has 0 spiro atoms. The van der Waals surface area contributed by atoms with Crippen LogP contribution in [0.1, 0.15) is 55.1 Å². The zero-order valence-electron chi connectivity index (χ0n) is 24.0. The summed E-state index contributed by atoms with van der Waals surface area (Å²) in [5, 5.41) is 7.79. The largest absolute Gasteiger partial charge is 0.497 e. The van der Waals surface area contributed by atoms with Crippen LogP contribution in [-0.2, 0) is 32.2 Å². The lowest BCUT2D eigenvalue weighted by Crippen LogP contribution is -2.52. The van der Waals surface area contributed by atoms with Crippen molar-refractivity contribution in [1.29, 1.82) is 0 Å². The number of urea groups is 1. The van der Waals surface area contributed by atoms with Gasteiger partial charge in [0.05, 0.1) is 12.7 Å². The molecule has 0 radical (unpaired) electrons. The maximum atomic E-state index is 12.9. The molecule has 5 amide bonds. The van der Waals surface area contributed by atoms with Gasteiger partial charge in [0.25, 0.3) is 5.91 Å². The molecule has 2 aliphatic heterocycles. The van der Waals surface area contributed by atoms with E-state index in [0.29, 0.717) is 22.7 Å². The SMILES string of the molecule is C=C(COc1cc(NC(=O)NCc2ccc3c(c2)CN(C2CCC(=O)NC2=O)C3=O)cc(OC)c1)C(=O)OC(C)(C)C. The molecule has 1 fully saturated rings. The lowest BCUT2D eigenvalue weighted by Gasteiger charge is -2.29. The summed E-state index contributed by atoms with van der Waals surface area (Å²) in [6, 6.07) is 8.84. The zero-order chi connectivity index (χ0) is 30.6. The first-order chi connectivity index (χ1) is 19.8. The Hall–Kier alpha value is -4.87. The molecule has 3 N–H and O–H groups in total. The van der Waals surface area contributed by atoms with Crippen molar-refractivity contribution in [3.8, 4) is 11.5 Å². The number of piperidine rings is 1. The number of carbonyl (C=O) groups is 5. The molecule has 2 aromatic carbocycles. The van der Waals surface area contributed by atoms with Crippen molar-refractivity contribution >= 4 is 35.4 Å². The highest BCUT2D eigenvalue weighted by molar-refractivity contribution is 6.05. The third-order valence-corrected chi connectivity index (χ3v) is 6.52. The lowest BCUT2D eigenvalue weighted by atomic mass is 10.0. The van der Waals surface area contributed by atoms with Crippen molar-refractivity contribution in [2.45, 2.75) is 58.3 Å². The highest BCUT2D eigenvalue weighted by Crippen LogP contribution is 2.29. The average molecular weight is 579 g/mol. The molecule has 0 aliphatic carbocycles. The smallest absolute Gasteiger partial charge is 0.337 e. The van der Waals surface area contributed by atoms with Gasteiger partial charge >= 0.3 is 12.0 Å². The van der Waals surface area contributed by atoms with Gasteiger partial charge in [-0.2, -0.15) is 0 Å². The van der Waals surface area contributed by atoms with Crippen molar-refractivity contribution in [1.82, 2.24) is 15.5 Å². The van der Waals surface area contributed by atoms with Gasteiger partial charge in [-0.25, -0.2) is 9.59 Å². The molecule has 2 heterocycles. The van der Waals surface area contributed by atoms with Crippen molar-refractivity contribution in [2.24, 2.45) is 0 Å². The summed E-state index contributed by atoms with van der Waals surface area (Å²) in [4.78, 5) is 62.9. The third kappa shape index (κ3) is 7.45. The van der Waals surface area contributed by atoms with Gasteiger partial charge in [0, 0.05) is 49.0 Å². The molecule has 222 valence electrons.